The summed E-state index contributed by atoms with van der Waals surface area (Å²) in [7, 11) is 1.58. The highest BCUT2D eigenvalue weighted by atomic mass is 32.2. The highest BCUT2D eigenvalue weighted by molar-refractivity contribution is 7.98. The molecule has 0 heterocycles. The third-order valence-electron chi connectivity index (χ3n) is 2.70. The van der Waals surface area contributed by atoms with Crippen LogP contribution in [0.15, 0.2) is 53.4 Å². The number of nitrogens with one attached hydrogen (secondary N) is 1. The van der Waals surface area contributed by atoms with Gasteiger partial charge in [0.25, 0.3) is 0 Å². The summed E-state index contributed by atoms with van der Waals surface area (Å²) in [4.78, 5) is 1.22. The van der Waals surface area contributed by atoms with E-state index in [1.165, 1.54) is 4.90 Å². The van der Waals surface area contributed by atoms with Gasteiger partial charge in [0.1, 0.15) is 11.6 Å². The first kappa shape index (κ1) is 13.5. The second-order valence-corrected chi connectivity index (χ2v) is 5.10. The van der Waals surface area contributed by atoms with Gasteiger partial charge in [-0.3, -0.25) is 5.41 Å². The Morgan fingerprint density at radius 1 is 1.21 bits per heavy atom. The molecular formula is C15H16N2OS. The Kier molecular flexibility index (Phi) is 4.47. The minimum Gasteiger partial charge on any atom is -0.496 e. The van der Waals surface area contributed by atoms with Crippen LogP contribution in [0, 0.1) is 5.41 Å². The fourth-order valence-electron chi connectivity index (χ4n) is 1.74. The van der Waals surface area contributed by atoms with Gasteiger partial charge in [-0.25, -0.2) is 0 Å². The van der Waals surface area contributed by atoms with Gasteiger partial charge in [0, 0.05) is 10.6 Å². The zero-order valence-corrected chi connectivity index (χ0v) is 11.5. The van der Waals surface area contributed by atoms with Crippen LogP contribution in [0.2, 0.25) is 0 Å². The molecule has 0 aromatic heterocycles. The summed E-state index contributed by atoms with van der Waals surface area (Å²) in [6.45, 7) is 0. The largest absolute Gasteiger partial charge is 0.496 e. The first-order valence-electron chi connectivity index (χ1n) is 5.90. The topological polar surface area (TPSA) is 59.1 Å². The quantitative estimate of drug-likeness (QED) is 0.499. The van der Waals surface area contributed by atoms with E-state index in [-0.39, 0.29) is 5.84 Å². The van der Waals surface area contributed by atoms with Gasteiger partial charge in [0.2, 0.25) is 0 Å². The van der Waals surface area contributed by atoms with Crippen LogP contribution >= 0.6 is 11.8 Å². The van der Waals surface area contributed by atoms with Crippen LogP contribution < -0.4 is 10.5 Å². The lowest BCUT2D eigenvalue weighted by Gasteiger charge is -2.09. The highest BCUT2D eigenvalue weighted by Gasteiger charge is 2.07. The summed E-state index contributed by atoms with van der Waals surface area (Å²) in [5.41, 5.74) is 7.33. The summed E-state index contributed by atoms with van der Waals surface area (Å²) in [6, 6.07) is 16.0. The van der Waals surface area contributed by atoms with Crippen LogP contribution in [0.5, 0.6) is 5.75 Å². The van der Waals surface area contributed by atoms with Gasteiger partial charge in [-0.1, -0.05) is 24.3 Å². The highest BCUT2D eigenvalue weighted by Crippen LogP contribution is 2.25. The van der Waals surface area contributed by atoms with Crippen LogP contribution in [0.25, 0.3) is 0 Å². The van der Waals surface area contributed by atoms with E-state index >= 15 is 0 Å². The van der Waals surface area contributed by atoms with Gasteiger partial charge < -0.3 is 10.5 Å². The third kappa shape index (κ3) is 3.51. The predicted molar refractivity (Wildman–Crippen MR) is 80.0 cm³/mol. The molecule has 0 bridgehead atoms. The molecular weight excluding hydrogens is 256 g/mol. The average Bonchev–Trinajstić information content (AvgIpc) is 2.46. The third-order valence-corrected chi connectivity index (χ3v) is 3.79. The number of thioether (sulfide) groups is 1. The molecule has 0 spiro atoms. The summed E-state index contributed by atoms with van der Waals surface area (Å²) >= 11 is 1.76. The average molecular weight is 272 g/mol. The number of nitrogen functional groups attached to an aromatic ring is 1. The lowest BCUT2D eigenvalue weighted by Crippen LogP contribution is -2.12. The maximum atomic E-state index is 7.56. The minimum atomic E-state index is 0.0309. The van der Waals surface area contributed by atoms with Gasteiger partial charge in [0.05, 0.1) is 12.7 Å². The molecule has 0 amide bonds. The molecule has 3 nitrogen and oxygen atoms in total. The lowest BCUT2D eigenvalue weighted by atomic mass is 10.1. The molecule has 3 N–H and O–H groups in total. The van der Waals surface area contributed by atoms with Crippen molar-refractivity contribution in [2.24, 2.45) is 5.73 Å². The number of rotatable bonds is 5. The van der Waals surface area contributed by atoms with Crippen molar-refractivity contribution in [3.8, 4) is 5.75 Å². The van der Waals surface area contributed by atoms with Crippen molar-refractivity contribution >= 4 is 17.6 Å². The second-order valence-electron chi connectivity index (χ2n) is 4.05. The Hall–Kier alpha value is -1.94. The van der Waals surface area contributed by atoms with Gasteiger partial charge in [-0.05, 0) is 29.8 Å². The molecule has 19 heavy (non-hydrogen) atoms. The number of amidine groups is 1. The smallest absolute Gasteiger partial charge is 0.129 e. The van der Waals surface area contributed by atoms with Crippen molar-refractivity contribution < 1.29 is 4.74 Å². The van der Waals surface area contributed by atoms with Crippen LogP contribution in [0.4, 0.5) is 0 Å². The molecule has 0 aliphatic carbocycles. The molecule has 0 saturated carbocycles. The van der Waals surface area contributed by atoms with Gasteiger partial charge in [0.15, 0.2) is 0 Å². The van der Waals surface area contributed by atoms with E-state index in [2.05, 4.69) is 12.1 Å². The maximum absolute atomic E-state index is 7.56. The number of methoxy groups -OCH3 is 1. The molecule has 0 aliphatic rings. The number of ether oxygens (including phenoxy) is 1. The molecule has 0 fully saturated rings. The number of nitrogens with two attached hydrogens (primary N) is 1. The molecule has 0 saturated heterocycles. The molecule has 2 aromatic carbocycles. The first-order chi connectivity index (χ1) is 9.20. The molecule has 2 rings (SSSR count). The van der Waals surface area contributed by atoms with Gasteiger partial charge >= 0.3 is 0 Å². The molecule has 0 unspecified atom stereocenters. The van der Waals surface area contributed by atoms with Crippen molar-refractivity contribution in [3.05, 3.63) is 59.7 Å². The number of hydrogen-bond donors (Lipinski definition) is 2. The monoisotopic (exact) mass is 272 g/mol. The van der Waals surface area contributed by atoms with Crippen LogP contribution in [0.3, 0.4) is 0 Å². The SMILES string of the molecule is COc1ccc(CSc2ccccc2)cc1C(=N)N. The van der Waals surface area contributed by atoms with Crippen molar-refractivity contribution in [2.75, 3.05) is 7.11 Å². The van der Waals surface area contributed by atoms with Crippen LogP contribution in [0.1, 0.15) is 11.1 Å². The van der Waals surface area contributed by atoms with Crippen molar-refractivity contribution in [3.63, 3.8) is 0 Å². The van der Waals surface area contributed by atoms with Crippen LogP contribution in [-0.2, 0) is 5.75 Å². The fraction of sp³-hybridized carbons (Fsp3) is 0.133. The summed E-state index contributed by atoms with van der Waals surface area (Å²) < 4.78 is 5.20. The van der Waals surface area contributed by atoms with E-state index in [9.17, 15) is 0 Å². The zero-order valence-electron chi connectivity index (χ0n) is 10.7. The van der Waals surface area contributed by atoms with Gasteiger partial charge in [-0.2, -0.15) is 0 Å². The normalized spacial score (nSPS) is 10.2. The lowest BCUT2D eigenvalue weighted by molar-refractivity contribution is 0.413. The summed E-state index contributed by atoms with van der Waals surface area (Å²) in [5.74, 6) is 1.51. The molecule has 4 heteroatoms. The van der Waals surface area contributed by atoms with E-state index in [1.54, 1.807) is 18.9 Å². The van der Waals surface area contributed by atoms with E-state index in [4.69, 9.17) is 15.9 Å². The van der Waals surface area contributed by atoms with E-state index in [1.807, 2.05) is 36.4 Å². The molecule has 0 atom stereocenters. The Bertz CT molecular complexity index is 570. The number of benzene rings is 2. The Morgan fingerprint density at radius 3 is 2.58 bits per heavy atom. The minimum absolute atomic E-state index is 0.0309. The Balaban J connectivity index is 2.13. The molecule has 98 valence electrons. The molecule has 0 radical (unpaired) electrons. The Labute approximate surface area is 117 Å². The van der Waals surface area contributed by atoms with Crippen LogP contribution in [-0.4, -0.2) is 12.9 Å². The van der Waals surface area contributed by atoms with Crippen molar-refractivity contribution in [2.45, 2.75) is 10.6 Å². The van der Waals surface area contributed by atoms with Crippen molar-refractivity contribution in [1.82, 2.24) is 0 Å². The Morgan fingerprint density at radius 2 is 1.95 bits per heavy atom. The fourth-order valence-corrected chi connectivity index (χ4v) is 2.60. The molecule has 2 aromatic rings. The number of hydrogen-bond acceptors (Lipinski definition) is 3. The maximum Gasteiger partial charge on any atom is 0.129 e. The standard InChI is InChI=1S/C15H16N2OS/c1-18-14-8-7-11(9-13(14)15(16)17)10-19-12-5-3-2-4-6-12/h2-9H,10H2,1H3,(H3,16,17). The molecule has 0 aliphatic heterocycles. The zero-order chi connectivity index (χ0) is 13.7. The summed E-state index contributed by atoms with van der Waals surface area (Å²) in [5, 5.41) is 7.56. The summed E-state index contributed by atoms with van der Waals surface area (Å²) in [6.07, 6.45) is 0. The van der Waals surface area contributed by atoms with Gasteiger partial charge in [-0.15, -0.1) is 11.8 Å². The predicted octanol–water partition coefficient (Wildman–Crippen LogP) is 3.27. The van der Waals surface area contributed by atoms with E-state index < -0.39 is 0 Å². The first-order valence-corrected chi connectivity index (χ1v) is 6.88. The van der Waals surface area contributed by atoms with E-state index in [0.717, 1.165) is 11.3 Å². The second kappa shape index (κ2) is 6.29. The van der Waals surface area contributed by atoms with Crippen molar-refractivity contribution in [1.29, 1.82) is 5.41 Å². The van der Waals surface area contributed by atoms with E-state index in [0.29, 0.717) is 11.3 Å².